The van der Waals surface area contributed by atoms with Gasteiger partial charge >= 0.3 is 0 Å². The zero-order chi connectivity index (χ0) is 17.6. The van der Waals surface area contributed by atoms with Gasteiger partial charge in [-0.25, -0.2) is 0 Å². The molecular weight excluding hydrogens is 383 g/mol. The summed E-state index contributed by atoms with van der Waals surface area (Å²) in [5.74, 6) is 0.721. The minimum Gasteiger partial charge on any atom is -0.488 e. The number of aromatic nitrogens is 4. The first kappa shape index (κ1) is 18.0. The van der Waals surface area contributed by atoms with Gasteiger partial charge in [0.15, 0.2) is 5.75 Å². The van der Waals surface area contributed by atoms with Gasteiger partial charge in [-0.3, -0.25) is 0 Å². The summed E-state index contributed by atoms with van der Waals surface area (Å²) in [6, 6.07) is 14.6. The van der Waals surface area contributed by atoms with E-state index in [9.17, 15) is 5.11 Å². The van der Waals surface area contributed by atoms with Crippen LogP contribution >= 0.6 is 35.0 Å². The Morgan fingerprint density at radius 3 is 2.52 bits per heavy atom. The first-order valence-electron chi connectivity index (χ1n) is 7.36. The number of nitrogens with zero attached hydrogens (tertiary/aromatic N) is 4. The highest BCUT2D eigenvalue weighted by Gasteiger charge is 2.14. The highest BCUT2D eigenvalue weighted by atomic mass is 35.5. The fourth-order valence-corrected chi connectivity index (χ4v) is 3.32. The Balaban J connectivity index is 1.57. The van der Waals surface area contributed by atoms with Crippen LogP contribution in [-0.2, 0) is 0 Å². The Morgan fingerprint density at radius 1 is 1.08 bits per heavy atom. The van der Waals surface area contributed by atoms with E-state index in [-0.39, 0.29) is 6.61 Å². The highest BCUT2D eigenvalue weighted by Crippen LogP contribution is 2.32. The number of tetrazole rings is 1. The van der Waals surface area contributed by atoms with Gasteiger partial charge in [0.2, 0.25) is 5.16 Å². The molecule has 25 heavy (non-hydrogen) atoms. The predicted molar refractivity (Wildman–Crippen MR) is 97.8 cm³/mol. The maximum absolute atomic E-state index is 10.1. The largest absolute Gasteiger partial charge is 0.488 e. The van der Waals surface area contributed by atoms with Gasteiger partial charge in [-0.1, -0.05) is 59.2 Å². The molecule has 0 saturated heterocycles. The van der Waals surface area contributed by atoms with Crippen molar-refractivity contribution in [3.8, 4) is 11.4 Å². The van der Waals surface area contributed by atoms with Crippen molar-refractivity contribution in [3.63, 3.8) is 0 Å². The van der Waals surface area contributed by atoms with Crippen LogP contribution < -0.4 is 4.74 Å². The van der Waals surface area contributed by atoms with E-state index in [0.717, 1.165) is 5.69 Å². The average molecular weight is 397 g/mol. The van der Waals surface area contributed by atoms with Gasteiger partial charge < -0.3 is 9.84 Å². The molecule has 0 aliphatic heterocycles. The first-order valence-corrected chi connectivity index (χ1v) is 9.11. The van der Waals surface area contributed by atoms with Crippen LogP contribution in [0.4, 0.5) is 0 Å². The molecule has 9 heteroatoms. The Hall–Kier alpha value is -1.80. The zero-order valence-corrected chi connectivity index (χ0v) is 15.2. The lowest BCUT2D eigenvalue weighted by molar-refractivity contribution is 0.126. The second-order valence-electron chi connectivity index (χ2n) is 5.04. The third kappa shape index (κ3) is 4.64. The van der Waals surface area contributed by atoms with Crippen LogP contribution in [0, 0.1) is 0 Å². The molecule has 3 rings (SSSR count). The summed E-state index contributed by atoms with van der Waals surface area (Å²) in [5, 5.41) is 23.2. The minimum atomic E-state index is -0.738. The van der Waals surface area contributed by atoms with Crippen molar-refractivity contribution in [1.29, 1.82) is 0 Å². The van der Waals surface area contributed by atoms with E-state index in [4.69, 9.17) is 27.9 Å². The number of rotatable bonds is 7. The van der Waals surface area contributed by atoms with Crippen molar-refractivity contribution in [2.45, 2.75) is 11.3 Å². The fraction of sp³-hybridized carbons (Fsp3) is 0.188. The fourth-order valence-electron chi connectivity index (χ4n) is 2.02. The number of aliphatic hydroxyl groups is 1. The molecule has 0 unspecified atom stereocenters. The van der Waals surface area contributed by atoms with E-state index in [2.05, 4.69) is 15.5 Å². The van der Waals surface area contributed by atoms with E-state index in [1.54, 1.807) is 22.9 Å². The molecule has 3 aromatic rings. The number of hydrogen-bond acceptors (Lipinski definition) is 6. The molecular formula is C16H14Cl2N4O2S. The van der Waals surface area contributed by atoms with Crippen LogP contribution in [0.15, 0.2) is 53.7 Å². The SMILES string of the molecule is O[C@H](COc1c(Cl)cccc1Cl)CSc1nnnn1-c1ccccc1. The highest BCUT2D eigenvalue weighted by molar-refractivity contribution is 7.99. The zero-order valence-electron chi connectivity index (χ0n) is 12.9. The summed E-state index contributed by atoms with van der Waals surface area (Å²) in [7, 11) is 0. The number of aliphatic hydroxyl groups excluding tert-OH is 1. The van der Waals surface area contributed by atoms with Gasteiger partial charge in [-0.15, -0.1) is 5.10 Å². The molecule has 0 spiro atoms. The molecule has 0 aliphatic rings. The summed E-state index contributed by atoms with van der Waals surface area (Å²) in [6.45, 7) is 0.0589. The smallest absolute Gasteiger partial charge is 0.214 e. The van der Waals surface area contributed by atoms with Crippen LogP contribution in [-0.4, -0.2) is 43.8 Å². The van der Waals surface area contributed by atoms with Crippen LogP contribution in [0.1, 0.15) is 0 Å². The van der Waals surface area contributed by atoms with Crippen molar-refractivity contribution in [2.75, 3.05) is 12.4 Å². The standard InChI is InChI=1S/C16H14Cl2N4O2S/c17-13-7-4-8-14(18)15(13)24-9-12(23)10-25-16-19-20-21-22(16)11-5-2-1-3-6-11/h1-8,12,23H,9-10H2/t12-/m1/s1. The van der Waals surface area contributed by atoms with E-state index < -0.39 is 6.10 Å². The second-order valence-corrected chi connectivity index (χ2v) is 6.84. The van der Waals surface area contributed by atoms with Gasteiger partial charge in [-0.05, 0) is 34.7 Å². The lowest BCUT2D eigenvalue weighted by Gasteiger charge is -2.13. The van der Waals surface area contributed by atoms with Gasteiger partial charge in [-0.2, -0.15) is 4.68 Å². The van der Waals surface area contributed by atoms with Gasteiger partial charge in [0.05, 0.1) is 21.8 Å². The minimum absolute atomic E-state index is 0.0589. The third-order valence-corrected chi connectivity index (χ3v) is 4.84. The quantitative estimate of drug-likeness (QED) is 0.616. The molecule has 0 saturated carbocycles. The molecule has 0 aliphatic carbocycles. The van der Waals surface area contributed by atoms with E-state index in [1.165, 1.54) is 11.8 Å². The van der Waals surface area contributed by atoms with Gasteiger partial charge in [0.1, 0.15) is 6.61 Å². The van der Waals surface area contributed by atoms with Crippen molar-refractivity contribution < 1.29 is 9.84 Å². The van der Waals surface area contributed by atoms with E-state index >= 15 is 0 Å². The summed E-state index contributed by atoms with van der Waals surface area (Å²) in [6.07, 6.45) is -0.738. The molecule has 0 radical (unpaired) electrons. The Kier molecular flexibility index (Phi) is 6.14. The molecule has 1 heterocycles. The molecule has 0 bridgehead atoms. The molecule has 2 aromatic carbocycles. The molecule has 1 N–H and O–H groups in total. The maximum atomic E-state index is 10.1. The second kappa shape index (κ2) is 8.53. The summed E-state index contributed by atoms with van der Waals surface area (Å²) in [4.78, 5) is 0. The Bertz CT molecular complexity index is 812. The Labute approximate surface area is 158 Å². The van der Waals surface area contributed by atoms with Crippen molar-refractivity contribution >= 4 is 35.0 Å². The average Bonchev–Trinajstić information content (AvgIpc) is 3.09. The number of thioether (sulfide) groups is 1. The maximum Gasteiger partial charge on any atom is 0.214 e. The molecule has 130 valence electrons. The molecule has 0 fully saturated rings. The lowest BCUT2D eigenvalue weighted by Crippen LogP contribution is -2.20. The summed E-state index contributed by atoms with van der Waals surface area (Å²) in [5.41, 5.74) is 0.851. The van der Waals surface area contributed by atoms with Gasteiger partial charge in [0, 0.05) is 5.75 Å². The third-order valence-electron chi connectivity index (χ3n) is 3.19. The van der Waals surface area contributed by atoms with Crippen molar-refractivity contribution in [3.05, 3.63) is 58.6 Å². The number of hydrogen-bond donors (Lipinski definition) is 1. The van der Waals surface area contributed by atoms with Crippen molar-refractivity contribution in [1.82, 2.24) is 20.2 Å². The summed E-state index contributed by atoms with van der Waals surface area (Å²) < 4.78 is 7.14. The number of benzene rings is 2. The predicted octanol–water partition coefficient (Wildman–Crippen LogP) is 3.50. The topological polar surface area (TPSA) is 73.1 Å². The number of halogens is 2. The van der Waals surface area contributed by atoms with E-state index in [0.29, 0.717) is 26.7 Å². The summed E-state index contributed by atoms with van der Waals surface area (Å²) >= 11 is 13.4. The molecule has 1 aromatic heterocycles. The molecule has 0 amide bonds. The lowest BCUT2D eigenvalue weighted by atomic mass is 10.3. The van der Waals surface area contributed by atoms with Gasteiger partial charge in [0.25, 0.3) is 0 Å². The van der Waals surface area contributed by atoms with Crippen LogP contribution in [0.25, 0.3) is 5.69 Å². The molecule has 1 atom stereocenters. The normalized spacial score (nSPS) is 12.1. The Morgan fingerprint density at radius 2 is 1.80 bits per heavy atom. The number of para-hydroxylation sites is 2. The van der Waals surface area contributed by atoms with Crippen LogP contribution in [0.2, 0.25) is 10.0 Å². The monoisotopic (exact) mass is 396 g/mol. The van der Waals surface area contributed by atoms with Crippen molar-refractivity contribution in [2.24, 2.45) is 0 Å². The molecule has 6 nitrogen and oxygen atoms in total. The first-order chi connectivity index (χ1) is 12.1. The number of ether oxygens (including phenoxy) is 1. The van der Waals surface area contributed by atoms with Crippen LogP contribution in [0.5, 0.6) is 5.75 Å². The van der Waals surface area contributed by atoms with Crippen LogP contribution in [0.3, 0.4) is 0 Å². The van der Waals surface area contributed by atoms with E-state index in [1.807, 2.05) is 30.3 Å².